The number of rotatable bonds is 4. The fraction of sp³-hybridized carbons (Fsp3) is 0.158. The quantitative estimate of drug-likeness (QED) is 0.732. The Balaban J connectivity index is 1.58. The number of carbonyl (C=O) groups excluding carboxylic acids is 2. The van der Waals surface area contributed by atoms with Crippen molar-refractivity contribution in [1.82, 2.24) is 4.57 Å². The third-order valence-electron chi connectivity index (χ3n) is 3.93. The van der Waals surface area contributed by atoms with Gasteiger partial charge >= 0.3 is 6.18 Å². The number of benzene rings is 2. The highest BCUT2D eigenvalue weighted by Crippen LogP contribution is 2.29. The molecule has 0 saturated carbocycles. The Morgan fingerprint density at radius 1 is 0.923 bits per heavy atom. The third-order valence-corrected chi connectivity index (χ3v) is 3.93. The molecule has 0 spiro atoms. The Morgan fingerprint density at radius 3 is 2.31 bits per heavy atom. The molecule has 7 heteroatoms. The first kappa shape index (κ1) is 17.7. The molecule has 3 rings (SSSR count). The molecule has 1 N–H and O–H groups in total. The van der Waals surface area contributed by atoms with Gasteiger partial charge < -0.3 is 5.32 Å². The minimum absolute atomic E-state index is 0.00879. The van der Waals surface area contributed by atoms with Crippen molar-refractivity contribution < 1.29 is 22.8 Å². The van der Waals surface area contributed by atoms with Crippen LogP contribution >= 0.6 is 0 Å². The molecule has 1 aromatic heterocycles. The van der Waals surface area contributed by atoms with E-state index < -0.39 is 17.6 Å². The molecule has 1 heterocycles. The summed E-state index contributed by atoms with van der Waals surface area (Å²) < 4.78 is 39.0. The summed E-state index contributed by atoms with van der Waals surface area (Å²) in [5.41, 5.74) is 0.229. The fourth-order valence-corrected chi connectivity index (χ4v) is 2.61. The smallest absolute Gasteiger partial charge is 0.326 e. The van der Waals surface area contributed by atoms with Crippen LogP contribution in [0.2, 0.25) is 0 Å². The van der Waals surface area contributed by atoms with Crippen LogP contribution in [0.5, 0.6) is 0 Å². The molecule has 0 aliphatic heterocycles. The van der Waals surface area contributed by atoms with E-state index in [0.29, 0.717) is 0 Å². The topological polar surface area (TPSA) is 51.1 Å². The van der Waals surface area contributed by atoms with Crippen LogP contribution in [0.15, 0.2) is 60.8 Å². The highest BCUT2D eigenvalue weighted by atomic mass is 19.4. The van der Waals surface area contributed by atoms with Crippen LogP contribution in [0.4, 0.5) is 18.9 Å². The molecule has 0 radical (unpaired) electrons. The summed E-state index contributed by atoms with van der Waals surface area (Å²) in [4.78, 5) is 24.2. The van der Waals surface area contributed by atoms with Crippen LogP contribution in [-0.4, -0.2) is 16.4 Å². The number of para-hydroxylation sites is 1. The van der Waals surface area contributed by atoms with E-state index in [9.17, 15) is 22.8 Å². The minimum Gasteiger partial charge on any atom is -0.326 e. The Hall–Kier alpha value is -3.09. The van der Waals surface area contributed by atoms with E-state index in [1.807, 2.05) is 30.3 Å². The summed E-state index contributed by atoms with van der Waals surface area (Å²) in [6.45, 7) is 0. The molecule has 0 unspecified atom stereocenters. The summed E-state index contributed by atoms with van der Waals surface area (Å²) in [7, 11) is 0. The Bertz CT molecular complexity index is 943. The maximum absolute atomic E-state index is 12.5. The molecule has 0 aliphatic carbocycles. The van der Waals surface area contributed by atoms with Crippen molar-refractivity contribution in [3.8, 4) is 0 Å². The number of halogens is 3. The zero-order valence-corrected chi connectivity index (χ0v) is 13.6. The van der Waals surface area contributed by atoms with E-state index in [2.05, 4.69) is 5.32 Å². The summed E-state index contributed by atoms with van der Waals surface area (Å²) in [6.07, 6.45) is -2.84. The molecule has 26 heavy (non-hydrogen) atoms. The monoisotopic (exact) mass is 360 g/mol. The Morgan fingerprint density at radius 2 is 1.62 bits per heavy atom. The lowest BCUT2D eigenvalue weighted by molar-refractivity contribution is -0.137. The predicted molar refractivity (Wildman–Crippen MR) is 91.9 cm³/mol. The fourth-order valence-electron chi connectivity index (χ4n) is 2.61. The van der Waals surface area contributed by atoms with Gasteiger partial charge in [-0.15, -0.1) is 0 Å². The van der Waals surface area contributed by atoms with Gasteiger partial charge in [0.05, 0.1) is 11.1 Å². The third kappa shape index (κ3) is 3.93. The maximum atomic E-state index is 12.5. The van der Waals surface area contributed by atoms with Gasteiger partial charge in [-0.05, 0) is 36.4 Å². The van der Waals surface area contributed by atoms with Crippen LogP contribution in [0, 0.1) is 0 Å². The number of amides is 1. The second kappa shape index (κ2) is 7.03. The molecule has 0 atom stereocenters. The number of nitrogens with one attached hydrogen (secondary N) is 1. The van der Waals surface area contributed by atoms with Crippen molar-refractivity contribution in [2.75, 3.05) is 5.32 Å². The zero-order valence-electron chi connectivity index (χ0n) is 13.6. The maximum Gasteiger partial charge on any atom is 0.416 e. The largest absolute Gasteiger partial charge is 0.416 e. The number of nitrogens with zero attached hydrogens (tertiary/aromatic N) is 1. The Kier molecular flexibility index (Phi) is 4.79. The van der Waals surface area contributed by atoms with E-state index in [1.54, 1.807) is 6.20 Å². The zero-order chi connectivity index (χ0) is 18.7. The average Bonchev–Trinajstić information content (AvgIpc) is 3.03. The Labute approximate surface area is 147 Å². The molecule has 1 amide bonds. The molecule has 0 bridgehead atoms. The van der Waals surface area contributed by atoms with Gasteiger partial charge in [0.25, 0.3) is 0 Å². The van der Waals surface area contributed by atoms with Gasteiger partial charge in [-0.25, -0.2) is 0 Å². The summed E-state index contributed by atoms with van der Waals surface area (Å²) in [6, 6.07) is 13.4. The summed E-state index contributed by atoms with van der Waals surface area (Å²) in [5, 5.41) is 3.42. The number of aromatic nitrogens is 1. The first-order valence-corrected chi connectivity index (χ1v) is 7.91. The summed E-state index contributed by atoms with van der Waals surface area (Å²) >= 11 is 0. The molecular weight excluding hydrogens is 345 g/mol. The van der Waals surface area contributed by atoms with Crippen LogP contribution in [0.1, 0.15) is 23.2 Å². The summed E-state index contributed by atoms with van der Waals surface area (Å²) in [5.74, 6) is -0.664. The van der Waals surface area contributed by atoms with Crippen molar-refractivity contribution >= 4 is 28.4 Å². The lowest BCUT2D eigenvalue weighted by atomic mass is 10.2. The van der Waals surface area contributed by atoms with Gasteiger partial charge in [-0.3, -0.25) is 14.2 Å². The number of anilines is 1. The van der Waals surface area contributed by atoms with Gasteiger partial charge in [0, 0.05) is 30.1 Å². The second-order valence-corrected chi connectivity index (χ2v) is 5.76. The van der Waals surface area contributed by atoms with Crippen molar-refractivity contribution in [2.45, 2.75) is 19.0 Å². The van der Waals surface area contributed by atoms with Crippen molar-refractivity contribution in [2.24, 2.45) is 0 Å². The van der Waals surface area contributed by atoms with Crippen molar-refractivity contribution in [3.05, 3.63) is 66.4 Å². The highest BCUT2D eigenvalue weighted by Gasteiger charge is 2.29. The lowest BCUT2D eigenvalue weighted by Gasteiger charge is -2.09. The molecule has 2 aromatic carbocycles. The predicted octanol–water partition coefficient (Wildman–Crippen LogP) is 4.72. The van der Waals surface area contributed by atoms with E-state index in [1.165, 1.54) is 16.7 Å². The number of alkyl halides is 3. The minimum atomic E-state index is -4.42. The highest BCUT2D eigenvalue weighted by molar-refractivity contribution is 5.96. The number of hydrogen-bond acceptors (Lipinski definition) is 2. The van der Waals surface area contributed by atoms with Gasteiger partial charge in [0.1, 0.15) is 0 Å². The average molecular weight is 360 g/mol. The van der Waals surface area contributed by atoms with Gasteiger partial charge in [-0.1, -0.05) is 18.2 Å². The first-order valence-electron chi connectivity index (χ1n) is 7.91. The number of hydrogen-bond donors (Lipinski definition) is 1. The van der Waals surface area contributed by atoms with Gasteiger partial charge in [-0.2, -0.15) is 13.2 Å². The van der Waals surface area contributed by atoms with Crippen molar-refractivity contribution in [3.63, 3.8) is 0 Å². The van der Waals surface area contributed by atoms with Crippen LogP contribution < -0.4 is 5.32 Å². The number of carbonyl (C=O) groups is 2. The van der Waals surface area contributed by atoms with E-state index in [-0.39, 0.29) is 24.4 Å². The molecule has 0 saturated heterocycles. The van der Waals surface area contributed by atoms with E-state index in [4.69, 9.17) is 0 Å². The van der Waals surface area contributed by atoms with Crippen LogP contribution in [-0.2, 0) is 11.0 Å². The molecule has 0 fully saturated rings. The van der Waals surface area contributed by atoms with E-state index in [0.717, 1.165) is 23.0 Å². The van der Waals surface area contributed by atoms with Gasteiger partial charge in [0.2, 0.25) is 11.8 Å². The molecule has 3 aromatic rings. The van der Waals surface area contributed by atoms with Crippen LogP contribution in [0.3, 0.4) is 0 Å². The molecule has 134 valence electrons. The second-order valence-electron chi connectivity index (χ2n) is 5.76. The van der Waals surface area contributed by atoms with E-state index >= 15 is 0 Å². The van der Waals surface area contributed by atoms with Crippen molar-refractivity contribution in [1.29, 1.82) is 0 Å². The first-order chi connectivity index (χ1) is 12.3. The lowest BCUT2D eigenvalue weighted by Crippen LogP contribution is -2.16. The normalized spacial score (nSPS) is 11.5. The van der Waals surface area contributed by atoms with Gasteiger partial charge in [0.15, 0.2) is 0 Å². The SMILES string of the molecule is O=C(CCC(=O)n1ccc2ccccc21)Nc1ccc(C(F)(F)F)cc1. The number of fused-ring (bicyclic) bond motifs is 1. The van der Waals surface area contributed by atoms with Crippen LogP contribution in [0.25, 0.3) is 10.9 Å². The molecule has 0 aliphatic rings. The molecule has 4 nitrogen and oxygen atoms in total. The molecular formula is C19H15F3N2O2. The standard InChI is InChI=1S/C19H15F3N2O2/c20-19(21,22)14-5-7-15(8-6-14)23-17(25)9-10-18(26)24-12-11-13-3-1-2-4-16(13)24/h1-8,11-12H,9-10H2,(H,23,25).